The van der Waals surface area contributed by atoms with Crippen LogP contribution in [0.2, 0.25) is 0 Å². The molecule has 576 valence electrons. The van der Waals surface area contributed by atoms with E-state index >= 15 is 0 Å². The molecular weight excluding hydrogens is 1270 g/mol. The van der Waals surface area contributed by atoms with Crippen molar-refractivity contribution < 1.29 is 80.2 Å². The van der Waals surface area contributed by atoms with Gasteiger partial charge in [0.1, 0.15) is 19.3 Å². The number of rotatable bonds is 76. The van der Waals surface area contributed by atoms with Gasteiger partial charge in [0.2, 0.25) is 0 Å². The molecule has 0 fully saturated rings. The number of carbonyl (C=O) groups is 4. The minimum absolute atomic E-state index is 0.106. The Labute approximate surface area is 594 Å². The Hall–Kier alpha value is -1.94. The fourth-order valence-corrected chi connectivity index (χ4v) is 13.5. The normalized spacial score (nSPS) is 14.0. The van der Waals surface area contributed by atoms with E-state index in [1.165, 1.54) is 212 Å². The molecule has 0 saturated carbocycles. The number of aliphatic hydroxyl groups is 1. The van der Waals surface area contributed by atoms with E-state index in [1.807, 2.05) is 0 Å². The van der Waals surface area contributed by atoms with E-state index in [0.717, 1.165) is 108 Å². The Bertz CT molecular complexity index is 1890. The molecule has 0 aromatic rings. The summed E-state index contributed by atoms with van der Waals surface area (Å²) in [6.07, 6.45) is 55.4. The maximum atomic E-state index is 13.1. The number of phosphoric ester groups is 2. The number of unbranched alkanes of at least 4 members (excludes halogenated alkanes) is 44. The minimum Gasteiger partial charge on any atom is -0.462 e. The molecule has 0 aliphatic heterocycles. The predicted molar refractivity (Wildman–Crippen MR) is 395 cm³/mol. The number of phosphoric acid groups is 2. The van der Waals surface area contributed by atoms with Crippen molar-refractivity contribution in [2.24, 2.45) is 17.8 Å². The molecule has 0 spiro atoms. The van der Waals surface area contributed by atoms with Crippen LogP contribution in [0.15, 0.2) is 0 Å². The highest BCUT2D eigenvalue weighted by Gasteiger charge is 2.30. The van der Waals surface area contributed by atoms with Crippen LogP contribution in [0.25, 0.3) is 0 Å². The largest absolute Gasteiger partial charge is 0.472 e. The van der Waals surface area contributed by atoms with Crippen LogP contribution >= 0.6 is 15.6 Å². The van der Waals surface area contributed by atoms with Gasteiger partial charge in [0, 0.05) is 25.7 Å². The molecule has 0 aliphatic carbocycles. The summed E-state index contributed by atoms with van der Waals surface area (Å²) in [6.45, 7) is 11.9. The van der Waals surface area contributed by atoms with E-state index in [2.05, 4.69) is 48.5 Å². The van der Waals surface area contributed by atoms with E-state index in [1.54, 1.807) is 0 Å². The topological polar surface area (TPSA) is 237 Å². The van der Waals surface area contributed by atoms with Crippen molar-refractivity contribution in [3.63, 3.8) is 0 Å². The van der Waals surface area contributed by atoms with Gasteiger partial charge in [-0.1, -0.05) is 350 Å². The lowest BCUT2D eigenvalue weighted by Gasteiger charge is -2.21. The summed E-state index contributed by atoms with van der Waals surface area (Å²) in [5.41, 5.74) is 0. The van der Waals surface area contributed by atoms with Crippen LogP contribution in [0, 0.1) is 17.8 Å². The third kappa shape index (κ3) is 72.2. The van der Waals surface area contributed by atoms with Crippen molar-refractivity contribution in [1.82, 2.24) is 0 Å². The van der Waals surface area contributed by atoms with Gasteiger partial charge in [-0.2, -0.15) is 0 Å². The number of esters is 4. The van der Waals surface area contributed by atoms with E-state index in [9.17, 15) is 43.2 Å². The van der Waals surface area contributed by atoms with Gasteiger partial charge in [0.05, 0.1) is 26.4 Å². The lowest BCUT2D eigenvalue weighted by Crippen LogP contribution is -2.30. The smallest absolute Gasteiger partial charge is 0.462 e. The highest BCUT2D eigenvalue weighted by Crippen LogP contribution is 2.45. The molecule has 17 nitrogen and oxygen atoms in total. The van der Waals surface area contributed by atoms with Gasteiger partial charge in [-0.25, -0.2) is 9.13 Å². The van der Waals surface area contributed by atoms with E-state index in [0.29, 0.717) is 25.7 Å². The molecule has 5 atom stereocenters. The van der Waals surface area contributed by atoms with Crippen molar-refractivity contribution in [3.8, 4) is 0 Å². The van der Waals surface area contributed by atoms with Gasteiger partial charge < -0.3 is 33.8 Å². The lowest BCUT2D eigenvalue weighted by molar-refractivity contribution is -0.161. The fourth-order valence-electron chi connectivity index (χ4n) is 12.0. The second-order valence-electron chi connectivity index (χ2n) is 29.5. The summed E-state index contributed by atoms with van der Waals surface area (Å²) >= 11 is 0. The van der Waals surface area contributed by atoms with Gasteiger partial charge in [-0.05, 0) is 43.4 Å². The van der Waals surface area contributed by atoms with Gasteiger partial charge in [0.25, 0.3) is 0 Å². The molecule has 0 rings (SSSR count). The zero-order valence-electron chi connectivity index (χ0n) is 63.5. The summed E-state index contributed by atoms with van der Waals surface area (Å²) in [7, 11) is -9.92. The SMILES string of the molecule is CCCCCCCCCCCCCCCCCCC(=O)O[C@H](COC(=O)CCCCCCCCCCCCCCC(C)C)COP(=O)(O)OC[C@@H](O)COP(=O)(O)OC[C@@H](COC(=O)CCCCCCCCCCCCC(C)C)OC(=O)CCCCCCCCCCCCC(C)C. The van der Waals surface area contributed by atoms with E-state index in [-0.39, 0.29) is 25.7 Å². The Morgan fingerprint density at radius 3 is 0.701 bits per heavy atom. The number of carbonyl (C=O) groups excluding carboxylic acids is 4. The van der Waals surface area contributed by atoms with Crippen LogP contribution < -0.4 is 0 Å². The van der Waals surface area contributed by atoms with E-state index < -0.39 is 97.5 Å². The maximum Gasteiger partial charge on any atom is 0.472 e. The summed E-state index contributed by atoms with van der Waals surface area (Å²) in [5.74, 6) is 0.179. The first-order valence-electron chi connectivity index (χ1n) is 40.3. The molecular formula is C78H152O17P2. The molecule has 0 aromatic heterocycles. The Morgan fingerprint density at radius 2 is 0.474 bits per heavy atom. The second kappa shape index (κ2) is 68.5. The molecule has 19 heteroatoms. The highest BCUT2D eigenvalue weighted by atomic mass is 31.2. The number of ether oxygens (including phenoxy) is 4. The molecule has 97 heavy (non-hydrogen) atoms. The molecule has 0 aromatic carbocycles. The van der Waals surface area contributed by atoms with Crippen molar-refractivity contribution in [1.29, 1.82) is 0 Å². The number of hydrogen-bond donors (Lipinski definition) is 3. The summed E-state index contributed by atoms with van der Waals surface area (Å²) in [4.78, 5) is 72.9. The zero-order chi connectivity index (χ0) is 71.6. The lowest BCUT2D eigenvalue weighted by atomic mass is 10.0. The summed E-state index contributed by atoms with van der Waals surface area (Å²) < 4.78 is 68.6. The summed E-state index contributed by atoms with van der Waals surface area (Å²) in [6, 6.07) is 0. The highest BCUT2D eigenvalue weighted by molar-refractivity contribution is 7.47. The van der Waals surface area contributed by atoms with Crippen molar-refractivity contribution in [3.05, 3.63) is 0 Å². The van der Waals surface area contributed by atoms with Crippen LogP contribution in [0.4, 0.5) is 0 Å². The second-order valence-corrected chi connectivity index (χ2v) is 32.4. The van der Waals surface area contributed by atoms with Crippen LogP contribution in [-0.2, 0) is 65.4 Å². The minimum atomic E-state index is -4.96. The fraction of sp³-hybridized carbons (Fsp3) is 0.949. The maximum absolute atomic E-state index is 13.1. The first kappa shape index (κ1) is 95.1. The molecule has 0 aliphatic rings. The first-order chi connectivity index (χ1) is 46.7. The molecule has 0 bridgehead atoms. The molecule has 0 radical (unpaired) electrons. The van der Waals surface area contributed by atoms with Crippen LogP contribution in [0.3, 0.4) is 0 Å². The molecule has 0 saturated heterocycles. The van der Waals surface area contributed by atoms with Crippen LogP contribution in [-0.4, -0.2) is 96.7 Å². The van der Waals surface area contributed by atoms with Crippen LogP contribution in [0.5, 0.6) is 0 Å². The third-order valence-corrected chi connectivity index (χ3v) is 20.0. The van der Waals surface area contributed by atoms with Gasteiger partial charge >= 0.3 is 39.5 Å². The average Bonchev–Trinajstić information content (AvgIpc) is 1.18. The van der Waals surface area contributed by atoms with Gasteiger partial charge in [-0.3, -0.25) is 37.3 Å². The Balaban J connectivity index is 5.27. The van der Waals surface area contributed by atoms with Crippen LogP contribution in [0.1, 0.15) is 402 Å². The average molecular weight is 1420 g/mol. The standard InChI is InChI=1S/C78H152O17P2/c1-8-9-10-11-12-13-14-15-16-17-18-23-33-40-47-54-61-77(82)94-73(65-88-75(80)59-52-45-38-31-22-20-19-21-28-35-42-49-56-69(2)3)67-92-96(84,85)90-63-72(79)64-91-97(86,87)93-68-74(95-78(83)62-55-48-41-34-27-25-30-37-44-51-58-71(6)7)66-89-76(81)60-53-46-39-32-26-24-29-36-43-50-57-70(4)5/h69-74,79H,8-68H2,1-7H3,(H,84,85)(H,86,87)/t72-,73-,74-/m1/s1. The van der Waals surface area contributed by atoms with Gasteiger partial charge in [0.15, 0.2) is 12.2 Å². The predicted octanol–water partition coefficient (Wildman–Crippen LogP) is 23.0. The number of aliphatic hydroxyl groups excluding tert-OH is 1. The number of hydrogen-bond acceptors (Lipinski definition) is 15. The Morgan fingerprint density at radius 1 is 0.278 bits per heavy atom. The summed E-state index contributed by atoms with van der Waals surface area (Å²) in [5, 5.41) is 10.6. The first-order valence-corrected chi connectivity index (χ1v) is 43.3. The quantitative estimate of drug-likeness (QED) is 0.0222. The van der Waals surface area contributed by atoms with Crippen molar-refractivity contribution >= 4 is 39.5 Å². The monoisotopic (exact) mass is 1420 g/mol. The Kier molecular flexibility index (Phi) is 67.1. The molecule has 2 unspecified atom stereocenters. The molecule has 3 N–H and O–H groups in total. The molecule has 0 heterocycles. The zero-order valence-corrected chi connectivity index (χ0v) is 65.3. The van der Waals surface area contributed by atoms with E-state index in [4.69, 9.17) is 37.0 Å². The van der Waals surface area contributed by atoms with Crippen molar-refractivity contribution in [2.75, 3.05) is 39.6 Å². The molecule has 0 amide bonds. The van der Waals surface area contributed by atoms with Gasteiger partial charge in [-0.15, -0.1) is 0 Å². The third-order valence-electron chi connectivity index (χ3n) is 18.1. The van der Waals surface area contributed by atoms with Crippen molar-refractivity contribution in [2.45, 2.75) is 420 Å².